The number of amides is 1. The van der Waals surface area contributed by atoms with Crippen LogP contribution in [0.5, 0.6) is 0 Å². The molecule has 1 amide bonds. The molecule has 2 rings (SSSR count). The number of nitrogens with zero attached hydrogens (tertiary/aromatic N) is 2. The summed E-state index contributed by atoms with van der Waals surface area (Å²) in [7, 11) is 0. The zero-order chi connectivity index (χ0) is 13.0. The molecule has 0 aliphatic carbocycles. The molecule has 2 heterocycles. The minimum Gasteiger partial charge on any atom is -0.381 e. The van der Waals surface area contributed by atoms with E-state index in [0.717, 1.165) is 37.6 Å². The highest BCUT2D eigenvalue weighted by atomic mass is 16.5. The molecule has 1 aliphatic rings. The molecule has 0 spiro atoms. The summed E-state index contributed by atoms with van der Waals surface area (Å²) in [4.78, 5) is 11.7. The van der Waals surface area contributed by atoms with Gasteiger partial charge in [0.15, 0.2) is 0 Å². The van der Waals surface area contributed by atoms with Crippen LogP contribution in [0.2, 0.25) is 0 Å². The van der Waals surface area contributed by atoms with E-state index in [9.17, 15) is 4.79 Å². The van der Waals surface area contributed by atoms with Crippen molar-refractivity contribution in [2.24, 2.45) is 5.92 Å². The number of carbonyl (C=O) groups excluding carboxylic acids is 1. The van der Waals surface area contributed by atoms with Crippen molar-refractivity contribution in [1.82, 2.24) is 15.1 Å². The van der Waals surface area contributed by atoms with Gasteiger partial charge in [-0.25, -0.2) is 0 Å². The first-order valence-corrected chi connectivity index (χ1v) is 6.50. The number of aromatic nitrogens is 2. The summed E-state index contributed by atoms with van der Waals surface area (Å²) in [6.07, 6.45) is 1.53. The number of hydrogen-bond acceptors (Lipinski definition) is 3. The Bertz CT molecular complexity index is 408. The summed E-state index contributed by atoms with van der Waals surface area (Å²) in [5, 5.41) is 7.30. The van der Waals surface area contributed by atoms with Crippen molar-refractivity contribution in [1.29, 1.82) is 0 Å². The van der Waals surface area contributed by atoms with E-state index in [-0.39, 0.29) is 5.91 Å². The lowest BCUT2D eigenvalue weighted by molar-refractivity contribution is -0.121. The van der Waals surface area contributed by atoms with E-state index in [1.54, 1.807) is 0 Å². The molecule has 18 heavy (non-hydrogen) atoms. The minimum atomic E-state index is 0.0921. The number of hydrogen-bond donors (Lipinski definition) is 1. The Morgan fingerprint density at radius 1 is 1.61 bits per heavy atom. The maximum absolute atomic E-state index is 11.7. The van der Waals surface area contributed by atoms with Crippen LogP contribution in [0.1, 0.15) is 24.2 Å². The number of nitrogens with one attached hydrogen (secondary N) is 1. The zero-order valence-electron chi connectivity index (χ0n) is 11.1. The van der Waals surface area contributed by atoms with Crippen LogP contribution in [-0.4, -0.2) is 35.4 Å². The molecule has 1 fully saturated rings. The van der Waals surface area contributed by atoms with Crippen LogP contribution in [0.3, 0.4) is 0 Å². The molecule has 1 aliphatic heterocycles. The van der Waals surface area contributed by atoms with Gasteiger partial charge in [0.2, 0.25) is 5.91 Å². The first-order chi connectivity index (χ1) is 8.65. The van der Waals surface area contributed by atoms with Crippen LogP contribution in [0.25, 0.3) is 0 Å². The van der Waals surface area contributed by atoms with Crippen molar-refractivity contribution >= 4 is 5.91 Å². The van der Waals surface area contributed by atoms with Crippen molar-refractivity contribution in [3.8, 4) is 0 Å². The van der Waals surface area contributed by atoms with Crippen molar-refractivity contribution in [3.63, 3.8) is 0 Å². The average molecular weight is 251 g/mol. The molecular weight excluding hydrogens is 230 g/mol. The summed E-state index contributed by atoms with van der Waals surface area (Å²) in [6.45, 7) is 6.95. The van der Waals surface area contributed by atoms with Crippen LogP contribution >= 0.6 is 0 Å². The lowest BCUT2D eigenvalue weighted by atomic mass is 10.1. The highest BCUT2D eigenvalue weighted by Gasteiger charge is 2.16. The number of ether oxygens (including phenoxy) is 1. The fourth-order valence-electron chi connectivity index (χ4n) is 2.20. The predicted octanol–water partition coefficient (Wildman–Crippen LogP) is 1.04. The molecule has 1 atom stereocenters. The fraction of sp³-hybridized carbons (Fsp3) is 0.692. The molecule has 100 valence electrons. The normalized spacial score (nSPS) is 19.1. The maximum atomic E-state index is 11.7. The second kappa shape index (κ2) is 6.00. The SMILES string of the molecule is Cc1cc(C)n(CCC(=O)NCC2CCOC2)n1. The third-order valence-electron chi connectivity index (χ3n) is 3.27. The predicted molar refractivity (Wildman–Crippen MR) is 68.3 cm³/mol. The molecule has 1 saturated heterocycles. The standard InChI is InChI=1S/C13H21N3O2/c1-10-7-11(2)16(15-10)5-3-13(17)14-8-12-4-6-18-9-12/h7,12H,3-6,8-9H2,1-2H3,(H,14,17). The van der Waals surface area contributed by atoms with Gasteiger partial charge in [0, 0.05) is 37.7 Å². The van der Waals surface area contributed by atoms with Gasteiger partial charge in [-0.2, -0.15) is 5.10 Å². The minimum absolute atomic E-state index is 0.0921. The Balaban J connectivity index is 1.69. The van der Waals surface area contributed by atoms with Gasteiger partial charge in [0.25, 0.3) is 0 Å². The average Bonchev–Trinajstić information content (AvgIpc) is 2.94. The second-order valence-electron chi connectivity index (χ2n) is 4.93. The molecule has 0 bridgehead atoms. The maximum Gasteiger partial charge on any atom is 0.221 e. The van der Waals surface area contributed by atoms with E-state index in [1.165, 1.54) is 0 Å². The van der Waals surface area contributed by atoms with E-state index in [1.807, 2.05) is 24.6 Å². The van der Waals surface area contributed by atoms with Crippen molar-refractivity contribution in [2.75, 3.05) is 19.8 Å². The van der Waals surface area contributed by atoms with Crippen molar-refractivity contribution in [2.45, 2.75) is 33.2 Å². The lowest BCUT2D eigenvalue weighted by Gasteiger charge is -2.09. The molecule has 1 aromatic heterocycles. The Kier molecular flexibility index (Phi) is 4.36. The van der Waals surface area contributed by atoms with E-state index in [0.29, 0.717) is 18.9 Å². The van der Waals surface area contributed by atoms with Crippen LogP contribution in [-0.2, 0) is 16.1 Å². The molecule has 1 unspecified atom stereocenters. The zero-order valence-corrected chi connectivity index (χ0v) is 11.1. The smallest absolute Gasteiger partial charge is 0.221 e. The van der Waals surface area contributed by atoms with Gasteiger partial charge in [0.05, 0.1) is 12.3 Å². The molecule has 0 aromatic carbocycles. The number of carbonyl (C=O) groups is 1. The van der Waals surface area contributed by atoms with Gasteiger partial charge in [-0.1, -0.05) is 0 Å². The van der Waals surface area contributed by atoms with Crippen molar-refractivity contribution < 1.29 is 9.53 Å². The van der Waals surface area contributed by atoms with Gasteiger partial charge in [-0.15, -0.1) is 0 Å². The monoisotopic (exact) mass is 251 g/mol. The van der Waals surface area contributed by atoms with Crippen LogP contribution < -0.4 is 5.32 Å². The van der Waals surface area contributed by atoms with E-state index >= 15 is 0 Å². The number of aryl methyl sites for hydroxylation is 3. The molecule has 5 nitrogen and oxygen atoms in total. The molecule has 1 aromatic rings. The third-order valence-corrected chi connectivity index (χ3v) is 3.27. The summed E-state index contributed by atoms with van der Waals surface area (Å²) in [5.74, 6) is 0.581. The summed E-state index contributed by atoms with van der Waals surface area (Å²) in [5.41, 5.74) is 2.10. The molecule has 5 heteroatoms. The highest BCUT2D eigenvalue weighted by molar-refractivity contribution is 5.75. The quantitative estimate of drug-likeness (QED) is 0.850. The summed E-state index contributed by atoms with van der Waals surface area (Å²) >= 11 is 0. The Labute approximate surface area is 108 Å². The van der Waals surface area contributed by atoms with Gasteiger partial charge in [-0.3, -0.25) is 9.48 Å². The Hall–Kier alpha value is -1.36. The van der Waals surface area contributed by atoms with E-state index in [2.05, 4.69) is 10.4 Å². The van der Waals surface area contributed by atoms with E-state index in [4.69, 9.17) is 4.74 Å². The van der Waals surface area contributed by atoms with Gasteiger partial charge in [0.1, 0.15) is 0 Å². The third kappa shape index (κ3) is 3.57. The van der Waals surface area contributed by atoms with Crippen LogP contribution in [0.15, 0.2) is 6.07 Å². The van der Waals surface area contributed by atoms with Crippen molar-refractivity contribution in [3.05, 3.63) is 17.5 Å². The topological polar surface area (TPSA) is 56.2 Å². The molecule has 0 saturated carbocycles. The van der Waals surface area contributed by atoms with Gasteiger partial charge in [-0.05, 0) is 26.3 Å². The lowest BCUT2D eigenvalue weighted by Crippen LogP contribution is -2.30. The number of rotatable bonds is 5. The molecule has 0 radical (unpaired) electrons. The second-order valence-corrected chi connectivity index (χ2v) is 4.93. The fourth-order valence-corrected chi connectivity index (χ4v) is 2.20. The van der Waals surface area contributed by atoms with E-state index < -0.39 is 0 Å². The van der Waals surface area contributed by atoms with Gasteiger partial charge >= 0.3 is 0 Å². The summed E-state index contributed by atoms with van der Waals surface area (Å²) < 4.78 is 7.15. The van der Waals surface area contributed by atoms with Crippen LogP contribution in [0, 0.1) is 19.8 Å². The molecule has 1 N–H and O–H groups in total. The van der Waals surface area contributed by atoms with Crippen LogP contribution in [0.4, 0.5) is 0 Å². The highest BCUT2D eigenvalue weighted by Crippen LogP contribution is 2.10. The van der Waals surface area contributed by atoms with Gasteiger partial charge < -0.3 is 10.1 Å². The molecular formula is C13H21N3O2. The Morgan fingerprint density at radius 3 is 3.06 bits per heavy atom. The summed E-state index contributed by atoms with van der Waals surface area (Å²) in [6, 6.07) is 2.02. The largest absolute Gasteiger partial charge is 0.381 e. The first kappa shape index (κ1) is 13.1. The Morgan fingerprint density at radius 2 is 2.44 bits per heavy atom. The first-order valence-electron chi connectivity index (χ1n) is 6.50.